The average Bonchev–Trinajstić information content (AvgIpc) is 2.31. The van der Waals surface area contributed by atoms with E-state index in [9.17, 15) is 0 Å². The molecule has 0 amide bonds. The van der Waals surface area contributed by atoms with Crippen LogP contribution >= 0.6 is 15.9 Å². The van der Waals surface area contributed by atoms with Gasteiger partial charge in [-0.2, -0.15) is 0 Å². The van der Waals surface area contributed by atoms with Crippen LogP contribution in [0.3, 0.4) is 0 Å². The molecule has 0 saturated carbocycles. The van der Waals surface area contributed by atoms with Gasteiger partial charge in [0.15, 0.2) is 0 Å². The summed E-state index contributed by atoms with van der Waals surface area (Å²) in [7, 11) is 0. The van der Waals surface area contributed by atoms with Crippen molar-refractivity contribution in [2.45, 2.75) is 32.2 Å². The highest BCUT2D eigenvalue weighted by atomic mass is 79.9. The van der Waals surface area contributed by atoms with Crippen LogP contribution in [0.4, 0.5) is 0 Å². The molecule has 0 fully saturated rings. The molecule has 1 N–H and O–H groups in total. The first-order valence-electron chi connectivity index (χ1n) is 5.81. The number of hydrogen-bond donors (Lipinski definition) is 1. The maximum absolute atomic E-state index is 4.51. The molecule has 2 rings (SSSR count). The third kappa shape index (κ3) is 3.08. The van der Waals surface area contributed by atoms with Crippen molar-refractivity contribution in [3.63, 3.8) is 0 Å². The van der Waals surface area contributed by atoms with Gasteiger partial charge in [-0.15, -0.1) is 0 Å². The van der Waals surface area contributed by atoms with Crippen molar-refractivity contribution < 1.29 is 0 Å². The second-order valence-corrected chi connectivity index (χ2v) is 5.12. The lowest BCUT2D eigenvalue weighted by atomic mass is 10.1. The zero-order chi connectivity index (χ0) is 11.4. The van der Waals surface area contributed by atoms with Crippen molar-refractivity contribution in [1.82, 2.24) is 5.32 Å². The van der Waals surface area contributed by atoms with Gasteiger partial charge in [-0.05, 0) is 37.5 Å². The molecule has 16 heavy (non-hydrogen) atoms. The molecule has 1 unspecified atom stereocenters. The van der Waals surface area contributed by atoms with E-state index in [-0.39, 0.29) is 0 Å². The number of aliphatic imine (C=N–C) groups is 1. The number of hydrogen-bond acceptors (Lipinski definition) is 2. The molecule has 3 heteroatoms. The lowest BCUT2D eigenvalue weighted by Crippen LogP contribution is -2.28. The van der Waals surface area contributed by atoms with Crippen LogP contribution in [-0.4, -0.2) is 12.4 Å². The van der Waals surface area contributed by atoms with Crippen LogP contribution in [-0.2, 0) is 0 Å². The van der Waals surface area contributed by atoms with Gasteiger partial charge in [-0.3, -0.25) is 4.99 Å². The van der Waals surface area contributed by atoms with E-state index in [1.165, 1.54) is 24.2 Å². The summed E-state index contributed by atoms with van der Waals surface area (Å²) in [6.07, 6.45) is 3.59. The van der Waals surface area contributed by atoms with Crippen LogP contribution in [0.15, 0.2) is 33.7 Å². The fraction of sp³-hybridized carbons (Fsp3) is 0.462. The van der Waals surface area contributed by atoms with E-state index in [1.54, 1.807) is 0 Å². The molecule has 1 atom stereocenters. The summed E-state index contributed by atoms with van der Waals surface area (Å²) in [4.78, 5) is 4.51. The Labute approximate surface area is 105 Å². The van der Waals surface area contributed by atoms with E-state index in [2.05, 4.69) is 57.4 Å². The topological polar surface area (TPSA) is 24.4 Å². The van der Waals surface area contributed by atoms with Gasteiger partial charge in [0.2, 0.25) is 0 Å². The number of benzene rings is 1. The SMILES string of the molecule is CC(NC1=NCCCC1)c1ccc(Br)cc1. The Balaban J connectivity index is 1.99. The quantitative estimate of drug-likeness (QED) is 0.878. The fourth-order valence-corrected chi connectivity index (χ4v) is 2.16. The molecular weight excluding hydrogens is 264 g/mol. The lowest BCUT2D eigenvalue weighted by molar-refractivity contribution is 0.656. The van der Waals surface area contributed by atoms with Gasteiger partial charge in [-0.1, -0.05) is 28.1 Å². The summed E-state index contributed by atoms with van der Waals surface area (Å²) < 4.78 is 1.12. The second-order valence-electron chi connectivity index (χ2n) is 4.20. The zero-order valence-electron chi connectivity index (χ0n) is 9.54. The molecule has 86 valence electrons. The molecule has 1 heterocycles. The standard InChI is InChI=1S/C13H17BrN2/c1-10(11-5-7-12(14)8-6-11)16-13-4-2-3-9-15-13/h5-8,10H,2-4,9H2,1H3,(H,15,16). The van der Waals surface area contributed by atoms with Crippen molar-refractivity contribution in [2.75, 3.05) is 6.54 Å². The number of amidine groups is 1. The predicted octanol–water partition coefficient (Wildman–Crippen LogP) is 3.68. The van der Waals surface area contributed by atoms with Gasteiger partial charge in [0, 0.05) is 23.5 Å². The summed E-state index contributed by atoms with van der Waals surface area (Å²) in [6, 6.07) is 8.78. The van der Waals surface area contributed by atoms with Crippen LogP contribution < -0.4 is 5.32 Å². The van der Waals surface area contributed by atoms with Crippen LogP contribution in [0, 0.1) is 0 Å². The minimum absolute atomic E-state index is 0.338. The van der Waals surface area contributed by atoms with Gasteiger partial charge in [0.1, 0.15) is 0 Å². The Morgan fingerprint density at radius 3 is 2.62 bits per heavy atom. The Hall–Kier alpha value is -0.830. The average molecular weight is 281 g/mol. The molecule has 0 radical (unpaired) electrons. The summed E-state index contributed by atoms with van der Waals surface area (Å²) in [6.45, 7) is 3.16. The maximum atomic E-state index is 4.51. The molecule has 1 aliphatic rings. The van der Waals surface area contributed by atoms with E-state index < -0.39 is 0 Å². The van der Waals surface area contributed by atoms with E-state index in [0.29, 0.717) is 6.04 Å². The molecule has 1 aliphatic heterocycles. The van der Waals surface area contributed by atoms with Crippen molar-refractivity contribution in [1.29, 1.82) is 0 Å². The third-order valence-electron chi connectivity index (χ3n) is 2.88. The molecule has 1 aromatic rings. The Kier molecular flexibility index (Phi) is 3.99. The summed E-state index contributed by atoms with van der Waals surface area (Å²) in [5, 5.41) is 3.49. The Bertz CT molecular complexity index is 370. The summed E-state index contributed by atoms with van der Waals surface area (Å²) >= 11 is 3.45. The van der Waals surface area contributed by atoms with E-state index >= 15 is 0 Å². The van der Waals surface area contributed by atoms with Crippen molar-refractivity contribution in [2.24, 2.45) is 4.99 Å². The molecule has 2 nitrogen and oxygen atoms in total. The molecule has 0 aliphatic carbocycles. The van der Waals surface area contributed by atoms with Crippen LogP contribution in [0.2, 0.25) is 0 Å². The molecule has 0 bridgehead atoms. The first-order chi connectivity index (χ1) is 7.75. The number of nitrogens with zero attached hydrogens (tertiary/aromatic N) is 1. The number of halogens is 1. The number of nitrogens with one attached hydrogen (secondary N) is 1. The fourth-order valence-electron chi connectivity index (χ4n) is 1.90. The minimum atomic E-state index is 0.338. The second kappa shape index (κ2) is 5.48. The summed E-state index contributed by atoms with van der Waals surface area (Å²) in [5.74, 6) is 1.17. The van der Waals surface area contributed by atoms with Gasteiger partial charge >= 0.3 is 0 Å². The van der Waals surface area contributed by atoms with Gasteiger partial charge in [0.25, 0.3) is 0 Å². The molecule has 0 saturated heterocycles. The summed E-state index contributed by atoms with van der Waals surface area (Å²) in [5.41, 5.74) is 1.30. The zero-order valence-corrected chi connectivity index (χ0v) is 11.1. The lowest BCUT2D eigenvalue weighted by Gasteiger charge is -2.19. The van der Waals surface area contributed by atoms with E-state index in [4.69, 9.17) is 0 Å². The van der Waals surface area contributed by atoms with Gasteiger partial charge in [-0.25, -0.2) is 0 Å². The highest BCUT2D eigenvalue weighted by Gasteiger charge is 2.09. The number of rotatable bonds is 2. The van der Waals surface area contributed by atoms with Crippen molar-refractivity contribution in [3.8, 4) is 0 Å². The molecular formula is C13H17BrN2. The van der Waals surface area contributed by atoms with Crippen molar-refractivity contribution >= 4 is 21.8 Å². The van der Waals surface area contributed by atoms with Crippen LogP contribution in [0.5, 0.6) is 0 Å². The third-order valence-corrected chi connectivity index (χ3v) is 3.41. The van der Waals surface area contributed by atoms with Crippen molar-refractivity contribution in [3.05, 3.63) is 34.3 Å². The Morgan fingerprint density at radius 1 is 1.25 bits per heavy atom. The molecule has 0 aromatic heterocycles. The molecule has 0 spiro atoms. The first-order valence-corrected chi connectivity index (χ1v) is 6.60. The van der Waals surface area contributed by atoms with Gasteiger partial charge in [0.05, 0.1) is 5.84 Å². The monoisotopic (exact) mass is 280 g/mol. The largest absolute Gasteiger partial charge is 0.367 e. The highest BCUT2D eigenvalue weighted by molar-refractivity contribution is 9.10. The Morgan fingerprint density at radius 2 is 2.00 bits per heavy atom. The van der Waals surface area contributed by atoms with Gasteiger partial charge < -0.3 is 5.32 Å². The normalized spacial score (nSPS) is 17.8. The maximum Gasteiger partial charge on any atom is 0.0967 e. The molecule has 1 aromatic carbocycles. The smallest absolute Gasteiger partial charge is 0.0967 e. The minimum Gasteiger partial charge on any atom is -0.367 e. The van der Waals surface area contributed by atoms with Crippen LogP contribution in [0.25, 0.3) is 0 Å². The highest BCUT2D eigenvalue weighted by Crippen LogP contribution is 2.17. The van der Waals surface area contributed by atoms with Crippen LogP contribution in [0.1, 0.15) is 37.8 Å². The van der Waals surface area contributed by atoms with E-state index in [1.807, 2.05) is 0 Å². The first kappa shape index (κ1) is 11.6. The van der Waals surface area contributed by atoms with E-state index in [0.717, 1.165) is 17.4 Å². The predicted molar refractivity (Wildman–Crippen MR) is 71.8 cm³/mol.